The number of ether oxygens (including phenoxy) is 1. The number of carbonyl (C=O) groups is 3. The quantitative estimate of drug-likeness (QED) is 0.210. The second kappa shape index (κ2) is 17.3. The Balaban J connectivity index is 0.865. The Morgan fingerprint density at radius 2 is 1.57 bits per heavy atom. The number of hydrogen-bond donors (Lipinski definition) is 4. The third kappa shape index (κ3) is 9.57. The van der Waals surface area contributed by atoms with Gasteiger partial charge in [0.1, 0.15) is 5.82 Å². The maximum Gasteiger partial charge on any atom is 0.272 e. The number of H-pyrrole nitrogens is 1. The summed E-state index contributed by atoms with van der Waals surface area (Å²) in [5.74, 6) is -0.954. The lowest BCUT2D eigenvalue weighted by Gasteiger charge is -2.38. The molecular weight excluding hydrogens is 653 g/mol. The lowest BCUT2D eigenvalue weighted by Crippen LogP contribution is -2.51. The average Bonchev–Trinajstić information content (AvgIpc) is 3.16. The van der Waals surface area contributed by atoms with Crippen molar-refractivity contribution < 1.29 is 23.5 Å². The minimum Gasteiger partial charge on any atom is -0.375 e. The molecule has 13 heteroatoms. The number of amides is 3. The van der Waals surface area contributed by atoms with Crippen LogP contribution in [-0.4, -0.2) is 102 Å². The van der Waals surface area contributed by atoms with Gasteiger partial charge in [-0.2, -0.15) is 5.10 Å². The lowest BCUT2D eigenvalue weighted by atomic mass is 9.83. The van der Waals surface area contributed by atoms with Gasteiger partial charge in [-0.15, -0.1) is 0 Å². The van der Waals surface area contributed by atoms with Crippen molar-refractivity contribution in [3.8, 4) is 0 Å². The number of fused-ring (bicyclic) bond motifs is 1. The van der Waals surface area contributed by atoms with Crippen molar-refractivity contribution in [2.45, 2.75) is 82.5 Å². The summed E-state index contributed by atoms with van der Waals surface area (Å²) in [6.45, 7) is 3.51. The van der Waals surface area contributed by atoms with E-state index in [2.05, 4.69) is 25.7 Å². The van der Waals surface area contributed by atoms with Gasteiger partial charge in [0, 0.05) is 51.1 Å². The fourth-order valence-corrected chi connectivity index (χ4v) is 7.68. The van der Waals surface area contributed by atoms with E-state index in [0.29, 0.717) is 47.5 Å². The molecule has 3 amide bonds. The molecule has 1 aliphatic carbocycles. The highest BCUT2D eigenvalue weighted by Crippen LogP contribution is 2.28. The SMILES string of the molecule is N[C@@H](C(=O)N1CCC(OC2CCN(CC(=O)NCCNC(=O)c3cc(Cc4n[nH]c(=O)c5ccccc45)ccc3F)CC2)CC1)C1CCCCC1. The second-order valence-corrected chi connectivity index (χ2v) is 14.2. The van der Waals surface area contributed by atoms with Crippen LogP contribution < -0.4 is 21.9 Å². The van der Waals surface area contributed by atoms with Crippen LogP contribution in [0.5, 0.6) is 0 Å². The standard InChI is InChI=1S/C38H50FN7O5/c39-32-11-10-25(23-33-29-8-4-5-9-30(29)37(49)44-43-33)22-31(32)36(48)42-17-16-41-34(47)24-45-18-12-27(13-19-45)51-28-14-20-46(21-15-28)38(50)35(40)26-6-2-1-3-7-26/h4-5,8-11,22,26-28,35H,1-3,6-7,12-21,23-24,40H2,(H,41,47)(H,42,48)(H,44,49)/t35-/m1/s1. The molecule has 6 rings (SSSR count). The second-order valence-electron chi connectivity index (χ2n) is 14.2. The van der Waals surface area contributed by atoms with Gasteiger partial charge in [0.15, 0.2) is 0 Å². The van der Waals surface area contributed by atoms with E-state index in [1.807, 2.05) is 11.0 Å². The van der Waals surface area contributed by atoms with Crippen LogP contribution in [0.1, 0.15) is 79.4 Å². The molecule has 3 aromatic rings. The van der Waals surface area contributed by atoms with Gasteiger partial charge in [-0.3, -0.25) is 24.1 Å². The number of aromatic nitrogens is 2. The normalized spacial score (nSPS) is 18.8. The molecule has 1 aromatic heterocycles. The Hall–Kier alpha value is -4.20. The molecule has 274 valence electrons. The number of nitrogens with two attached hydrogens (primary N) is 1. The topological polar surface area (TPSA) is 163 Å². The zero-order chi connectivity index (χ0) is 35.7. The Labute approximate surface area is 297 Å². The third-order valence-corrected chi connectivity index (χ3v) is 10.6. The van der Waals surface area contributed by atoms with E-state index in [1.165, 1.54) is 31.4 Å². The molecule has 0 radical (unpaired) electrons. The minimum absolute atomic E-state index is 0.0978. The number of rotatable bonds is 12. The van der Waals surface area contributed by atoms with Crippen LogP contribution in [0, 0.1) is 11.7 Å². The third-order valence-electron chi connectivity index (χ3n) is 10.6. The number of benzene rings is 2. The molecule has 3 aliphatic rings. The Morgan fingerprint density at radius 3 is 2.29 bits per heavy atom. The summed E-state index contributed by atoms with van der Waals surface area (Å²) in [7, 11) is 0. The summed E-state index contributed by atoms with van der Waals surface area (Å²) in [6.07, 6.45) is 9.62. The summed E-state index contributed by atoms with van der Waals surface area (Å²) >= 11 is 0. The summed E-state index contributed by atoms with van der Waals surface area (Å²) in [5.41, 5.74) is 7.27. The molecule has 0 bridgehead atoms. The van der Waals surface area contributed by atoms with Gasteiger partial charge in [-0.25, -0.2) is 9.49 Å². The molecule has 2 saturated heterocycles. The van der Waals surface area contributed by atoms with Crippen molar-refractivity contribution in [3.05, 3.63) is 75.5 Å². The fourth-order valence-electron chi connectivity index (χ4n) is 7.68. The maximum atomic E-state index is 14.6. The summed E-state index contributed by atoms with van der Waals surface area (Å²) in [4.78, 5) is 54.6. The first-order valence-corrected chi connectivity index (χ1v) is 18.5. The van der Waals surface area contributed by atoms with E-state index >= 15 is 0 Å². The van der Waals surface area contributed by atoms with Crippen LogP contribution in [0.3, 0.4) is 0 Å². The van der Waals surface area contributed by atoms with Gasteiger partial charge in [-0.1, -0.05) is 43.5 Å². The summed E-state index contributed by atoms with van der Waals surface area (Å²) in [6, 6.07) is 11.1. The predicted octanol–water partition coefficient (Wildman–Crippen LogP) is 2.88. The minimum atomic E-state index is -0.651. The average molecular weight is 704 g/mol. The van der Waals surface area contributed by atoms with Crippen LogP contribution in [0.25, 0.3) is 10.8 Å². The summed E-state index contributed by atoms with van der Waals surface area (Å²) < 4.78 is 21.0. The van der Waals surface area contributed by atoms with Crippen molar-refractivity contribution in [2.75, 3.05) is 45.8 Å². The van der Waals surface area contributed by atoms with Crippen molar-refractivity contribution in [3.63, 3.8) is 0 Å². The highest BCUT2D eigenvalue weighted by Gasteiger charge is 2.33. The molecule has 0 spiro atoms. The molecule has 3 fully saturated rings. The Bertz CT molecular complexity index is 1730. The van der Waals surface area contributed by atoms with Gasteiger partial charge in [0.2, 0.25) is 11.8 Å². The number of likely N-dealkylation sites (tertiary alicyclic amines) is 2. The number of nitrogens with one attached hydrogen (secondary N) is 3. The summed E-state index contributed by atoms with van der Waals surface area (Å²) in [5, 5.41) is 13.4. The smallest absolute Gasteiger partial charge is 0.272 e. The van der Waals surface area contributed by atoms with Crippen molar-refractivity contribution in [1.82, 2.24) is 30.6 Å². The first-order chi connectivity index (χ1) is 24.7. The highest BCUT2D eigenvalue weighted by atomic mass is 19.1. The molecule has 2 aliphatic heterocycles. The number of halogens is 1. The fraction of sp³-hybridized carbons (Fsp3) is 0.553. The molecular formula is C38H50FN7O5. The van der Waals surface area contributed by atoms with E-state index in [-0.39, 0.29) is 60.8 Å². The van der Waals surface area contributed by atoms with E-state index in [1.54, 1.807) is 24.3 Å². The molecule has 3 heterocycles. The number of nitrogens with zero attached hydrogens (tertiary/aromatic N) is 3. The largest absolute Gasteiger partial charge is 0.375 e. The van der Waals surface area contributed by atoms with Gasteiger partial charge in [0.05, 0.1) is 41.4 Å². The van der Waals surface area contributed by atoms with Crippen molar-refractivity contribution in [2.24, 2.45) is 11.7 Å². The number of piperidine rings is 2. The monoisotopic (exact) mass is 703 g/mol. The molecule has 1 saturated carbocycles. The van der Waals surface area contributed by atoms with E-state index < -0.39 is 11.7 Å². The zero-order valence-corrected chi connectivity index (χ0v) is 29.2. The van der Waals surface area contributed by atoms with Crippen LogP contribution in [0.2, 0.25) is 0 Å². The van der Waals surface area contributed by atoms with E-state index in [9.17, 15) is 23.6 Å². The van der Waals surface area contributed by atoms with Crippen LogP contribution in [0.15, 0.2) is 47.3 Å². The Morgan fingerprint density at radius 1 is 0.902 bits per heavy atom. The molecule has 0 unspecified atom stereocenters. The van der Waals surface area contributed by atoms with Crippen molar-refractivity contribution in [1.29, 1.82) is 0 Å². The number of hydrogen-bond acceptors (Lipinski definition) is 8. The molecule has 5 N–H and O–H groups in total. The maximum absolute atomic E-state index is 14.6. The van der Waals surface area contributed by atoms with Crippen LogP contribution >= 0.6 is 0 Å². The van der Waals surface area contributed by atoms with Gasteiger partial charge in [0.25, 0.3) is 11.5 Å². The first kappa shape index (κ1) is 36.6. The zero-order valence-electron chi connectivity index (χ0n) is 29.2. The van der Waals surface area contributed by atoms with Crippen molar-refractivity contribution >= 4 is 28.5 Å². The first-order valence-electron chi connectivity index (χ1n) is 18.5. The van der Waals surface area contributed by atoms with Crippen LogP contribution in [-0.2, 0) is 20.7 Å². The highest BCUT2D eigenvalue weighted by molar-refractivity contribution is 5.94. The number of aromatic amines is 1. The van der Waals surface area contributed by atoms with Gasteiger partial charge >= 0.3 is 0 Å². The van der Waals surface area contributed by atoms with Gasteiger partial charge in [-0.05, 0) is 68.2 Å². The van der Waals surface area contributed by atoms with E-state index in [0.717, 1.165) is 51.6 Å². The van der Waals surface area contributed by atoms with E-state index in [4.69, 9.17) is 10.5 Å². The molecule has 1 atom stereocenters. The molecule has 51 heavy (non-hydrogen) atoms. The van der Waals surface area contributed by atoms with Gasteiger partial charge < -0.3 is 26.0 Å². The van der Waals surface area contributed by atoms with Crippen LogP contribution in [0.4, 0.5) is 4.39 Å². The number of carbonyl (C=O) groups excluding carboxylic acids is 3. The Kier molecular flexibility index (Phi) is 12.4. The lowest BCUT2D eigenvalue weighted by molar-refractivity contribution is -0.138. The molecule has 12 nitrogen and oxygen atoms in total. The predicted molar refractivity (Wildman–Crippen MR) is 192 cm³/mol. The molecule has 2 aromatic carbocycles.